The SMILES string of the molecule is Cc1cnn(CC(=O)N2C[C@H](CNC(=O)c3ccccc3)[C@@H](c3nnc(C)o3)C2)c1. The molecule has 0 saturated carbocycles. The second-order valence-corrected chi connectivity index (χ2v) is 7.62. The van der Waals surface area contributed by atoms with Gasteiger partial charge in [0.1, 0.15) is 6.54 Å². The summed E-state index contributed by atoms with van der Waals surface area (Å²) in [6.45, 7) is 5.22. The van der Waals surface area contributed by atoms with Crippen LogP contribution >= 0.6 is 0 Å². The average Bonchev–Trinajstić information content (AvgIpc) is 3.46. The maximum atomic E-state index is 12.8. The smallest absolute Gasteiger partial charge is 0.251 e. The van der Waals surface area contributed by atoms with Gasteiger partial charge in [-0.15, -0.1) is 10.2 Å². The maximum absolute atomic E-state index is 12.8. The number of aryl methyl sites for hydroxylation is 2. The van der Waals surface area contributed by atoms with Crippen LogP contribution in [0.2, 0.25) is 0 Å². The Morgan fingerprint density at radius 3 is 2.63 bits per heavy atom. The van der Waals surface area contributed by atoms with E-state index < -0.39 is 0 Å². The van der Waals surface area contributed by atoms with Crippen LogP contribution in [-0.2, 0) is 11.3 Å². The van der Waals surface area contributed by atoms with Crippen molar-refractivity contribution in [3.63, 3.8) is 0 Å². The molecule has 0 bridgehead atoms. The van der Waals surface area contributed by atoms with Crippen LogP contribution in [0.1, 0.15) is 33.6 Å². The summed E-state index contributed by atoms with van der Waals surface area (Å²) in [5.41, 5.74) is 1.60. The number of hydrogen-bond donors (Lipinski definition) is 1. The number of nitrogens with zero attached hydrogens (tertiary/aromatic N) is 5. The lowest BCUT2D eigenvalue weighted by Crippen LogP contribution is -2.34. The van der Waals surface area contributed by atoms with E-state index in [1.165, 1.54) is 0 Å². The molecule has 30 heavy (non-hydrogen) atoms. The Morgan fingerprint density at radius 1 is 1.17 bits per heavy atom. The lowest BCUT2D eigenvalue weighted by molar-refractivity contribution is -0.131. The third-order valence-corrected chi connectivity index (χ3v) is 5.27. The van der Waals surface area contributed by atoms with E-state index in [9.17, 15) is 9.59 Å². The van der Waals surface area contributed by atoms with Crippen LogP contribution in [0.4, 0.5) is 0 Å². The van der Waals surface area contributed by atoms with Crippen LogP contribution in [0, 0.1) is 19.8 Å². The Balaban J connectivity index is 1.45. The van der Waals surface area contributed by atoms with E-state index in [4.69, 9.17) is 4.42 Å². The Morgan fingerprint density at radius 2 is 1.97 bits per heavy atom. The van der Waals surface area contributed by atoms with Gasteiger partial charge in [-0.3, -0.25) is 14.3 Å². The number of likely N-dealkylation sites (tertiary alicyclic amines) is 1. The van der Waals surface area contributed by atoms with Gasteiger partial charge in [0.05, 0.1) is 12.1 Å². The first-order valence-electron chi connectivity index (χ1n) is 9.89. The molecular weight excluding hydrogens is 384 g/mol. The number of hydrogen-bond acceptors (Lipinski definition) is 6. The largest absolute Gasteiger partial charge is 0.425 e. The lowest BCUT2D eigenvalue weighted by atomic mass is 9.96. The van der Waals surface area contributed by atoms with Crippen LogP contribution in [0.3, 0.4) is 0 Å². The maximum Gasteiger partial charge on any atom is 0.251 e. The number of benzene rings is 1. The fourth-order valence-corrected chi connectivity index (χ4v) is 3.73. The molecule has 0 radical (unpaired) electrons. The minimum atomic E-state index is -0.146. The third kappa shape index (κ3) is 4.40. The van der Waals surface area contributed by atoms with Gasteiger partial charge in [-0.2, -0.15) is 5.10 Å². The number of nitrogens with one attached hydrogen (secondary N) is 1. The fourth-order valence-electron chi connectivity index (χ4n) is 3.73. The van der Waals surface area contributed by atoms with Gasteiger partial charge < -0.3 is 14.6 Å². The highest BCUT2D eigenvalue weighted by Gasteiger charge is 2.39. The van der Waals surface area contributed by atoms with E-state index in [1.807, 2.05) is 31.3 Å². The van der Waals surface area contributed by atoms with Crippen LogP contribution in [-0.4, -0.2) is 56.3 Å². The highest BCUT2D eigenvalue weighted by molar-refractivity contribution is 5.94. The van der Waals surface area contributed by atoms with Crippen molar-refractivity contribution in [1.29, 1.82) is 0 Å². The first-order chi connectivity index (χ1) is 14.5. The molecule has 2 aromatic heterocycles. The van der Waals surface area contributed by atoms with Crippen molar-refractivity contribution in [3.8, 4) is 0 Å². The van der Waals surface area contributed by atoms with Gasteiger partial charge in [0.15, 0.2) is 0 Å². The quantitative estimate of drug-likeness (QED) is 0.663. The van der Waals surface area contributed by atoms with Crippen molar-refractivity contribution in [3.05, 3.63) is 65.6 Å². The number of amides is 2. The molecule has 3 aromatic rings. The molecule has 9 heteroatoms. The van der Waals surface area contributed by atoms with E-state index in [0.717, 1.165) is 5.56 Å². The molecule has 1 fully saturated rings. The minimum absolute atomic E-state index is 0.0270. The number of carbonyl (C=O) groups is 2. The van der Waals surface area contributed by atoms with Crippen LogP contribution < -0.4 is 5.32 Å². The Hall–Kier alpha value is -3.49. The number of carbonyl (C=O) groups excluding carboxylic acids is 2. The van der Waals surface area contributed by atoms with Gasteiger partial charge in [-0.25, -0.2) is 0 Å². The minimum Gasteiger partial charge on any atom is -0.425 e. The van der Waals surface area contributed by atoms with Gasteiger partial charge in [0.25, 0.3) is 5.91 Å². The molecule has 1 aliphatic rings. The first kappa shape index (κ1) is 19.8. The first-order valence-corrected chi connectivity index (χ1v) is 9.89. The van der Waals surface area contributed by atoms with Crippen LogP contribution in [0.15, 0.2) is 47.1 Å². The molecule has 0 unspecified atom stereocenters. The highest BCUT2D eigenvalue weighted by atomic mass is 16.4. The molecule has 156 valence electrons. The standard InChI is InChI=1S/C21H24N6O3/c1-14-8-23-27(10-14)13-19(28)26-11-17(18(12-26)21-25-24-15(2)30-21)9-22-20(29)16-6-4-3-5-7-16/h3-8,10,17-18H,9,11-13H2,1-2H3,(H,22,29)/t17-,18-/m0/s1. The van der Waals surface area contributed by atoms with Crippen molar-refractivity contribution < 1.29 is 14.0 Å². The zero-order valence-electron chi connectivity index (χ0n) is 17.0. The van der Waals surface area contributed by atoms with E-state index in [1.54, 1.807) is 34.8 Å². The van der Waals surface area contributed by atoms with Gasteiger partial charge >= 0.3 is 0 Å². The van der Waals surface area contributed by atoms with Crippen LogP contribution in [0.5, 0.6) is 0 Å². The highest BCUT2D eigenvalue weighted by Crippen LogP contribution is 2.32. The van der Waals surface area contributed by atoms with Crippen molar-refractivity contribution in [2.24, 2.45) is 5.92 Å². The second kappa shape index (κ2) is 8.48. The summed E-state index contributed by atoms with van der Waals surface area (Å²) in [6.07, 6.45) is 3.56. The number of aromatic nitrogens is 4. The molecule has 1 aromatic carbocycles. The molecule has 0 spiro atoms. The lowest BCUT2D eigenvalue weighted by Gasteiger charge is -2.17. The summed E-state index contributed by atoms with van der Waals surface area (Å²) in [5.74, 6) is 0.640. The van der Waals surface area contributed by atoms with Gasteiger partial charge in [-0.05, 0) is 24.6 Å². The number of rotatable bonds is 6. The average molecular weight is 408 g/mol. The molecule has 1 saturated heterocycles. The second-order valence-electron chi connectivity index (χ2n) is 7.62. The molecular formula is C21H24N6O3. The molecule has 4 rings (SSSR count). The van der Waals surface area contributed by atoms with E-state index in [0.29, 0.717) is 37.0 Å². The van der Waals surface area contributed by atoms with E-state index >= 15 is 0 Å². The normalized spacial score (nSPS) is 18.5. The molecule has 2 atom stereocenters. The van der Waals surface area contributed by atoms with Crippen molar-refractivity contribution in [2.75, 3.05) is 19.6 Å². The Kier molecular flexibility index (Phi) is 5.60. The monoisotopic (exact) mass is 408 g/mol. The Labute approximate surface area is 174 Å². The molecule has 1 N–H and O–H groups in total. The third-order valence-electron chi connectivity index (χ3n) is 5.27. The van der Waals surface area contributed by atoms with Gasteiger partial charge in [0.2, 0.25) is 17.7 Å². The van der Waals surface area contributed by atoms with Gasteiger partial charge in [-0.1, -0.05) is 18.2 Å². The van der Waals surface area contributed by atoms with E-state index in [2.05, 4.69) is 20.6 Å². The van der Waals surface area contributed by atoms with Crippen molar-refractivity contribution >= 4 is 11.8 Å². The predicted molar refractivity (Wildman–Crippen MR) is 108 cm³/mol. The van der Waals surface area contributed by atoms with Crippen molar-refractivity contribution in [2.45, 2.75) is 26.3 Å². The fraction of sp³-hybridized carbons (Fsp3) is 0.381. The molecule has 0 aliphatic carbocycles. The van der Waals surface area contributed by atoms with Gasteiger partial charge in [0, 0.05) is 44.2 Å². The summed E-state index contributed by atoms with van der Waals surface area (Å²) < 4.78 is 7.28. The molecule has 2 amide bonds. The Bertz CT molecular complexity index is 1030. The van der Waals surface area contributed by atoms with Crippen molar-refractivity contribution in [1.82, 2.24) is 30.2 Å². The van der Waals surface area contributed by atoms with E-state index in [-0.39, 0.29) is 30.2 Å². The zero-order chi connectivity index (χ0) is 21.1. The summed E-state index contributed by atoms with van der Waals surface area (Å²) in [5, 5.41) is 15.3. The predicted octanol–water partition coefficient (Wildman–Crippen LogP) is 1.56. The summed E-state index contributed by atoms with van der Waals surface area (Å²) in [6, 6.07) is 9.06. The molecule has 3 heterocycles. The topological polar surface area (TPSA) is 106 Å². The van der Waals surface area contributed by atoms with Crippen LogP contribution in [0.25, 0.3) is 0 Å². The zero-order valence-corrected chi connectivity index (χ0v) is 17.0. The molecule has 9 nitrogen and oxygen atoms in total. The summed E-state index contributed by atoms with van der Waals surface area (Å²) in [4.78, 5) is 27.1. The summed E-state index contributed by atoms with van der Waals surface area (Å²) in [7, 11) is 0. The molecule has 1 aliphatic heterocycles. The summed E-state index contributed by atoms with van der Waals surface area (Å²) >= 11 is 0.